The van der Waals surface area contributed by atoms with E-state index in [-0.39, 0.29) is 11.4 Å². The maximum atomic E-state index is 13.5. The first-order valence-electron chi connectivity index (χ1n) is 8.94. The van der Waals surface area contributed by atoms with E-state index in [0.717, 1.165) is 0 Å². The summed E-state index contributed by atoms with van der Waals surface area (Å²) in [5.74, 6) is -1.32. The summed E-state index contributed by atoms with van der Waals surface area (Å²) in [6, 6.07) is 17.1. The molecule has 6 nitrogen and oxygen atoms in total. The number of carboxylic acids is 1. The van der Waals surface area contributed by atoms with Gasteiger partial charge in [0.2, 0.25) is 0 Å². The highest BCUT2D eigenvalue weighted by Crippen LogP contribution is 2.41. The lowest BCUT2D eigenvalue weighted by Crippen LogP contribution is -2.31. The van der Waals surface area contributed by atoms with Crippen LogP contribution in [-0.4, -0.2) is 32.6 Å². The molecular formula is C21H19NO5S. The Bertz CT molecular complexity index is 1170. The first kappa shape index (κ1) is 18.3. The van der Waals surface area contributed by atoms with Crippen LogP contribution >= 0.6 is 0 Å². The van der Waals surface area contributed by atoms with Crippen LogP contribution in [0, 0.1) is 0 Å². The minimum Gasteiger partial charge on any atom is -0.493 e. The molecule has 0 amide bonds. The molecule has 0 aromatic heterocycles. The number of sulfonamides is 1. The van der Waals surface area contributed by atoms with E-state index in [1.807, 2.05) is 19.1 Å². The van der Waals surface area contributed by atoms with Gasteiger partial charge < -0.3 is 9.84 Å². The van der Waals surface area contributed by atoms with Gasteiger partial charge in [0.05, 0.1) is 23.7 Å². The summed E-state index contributed by atoms with van der Waals surface area (Å²) >= 11 is 0. The lowest BCUT2D eigenvalue weighted by molar-refractivity contribution is -0.138. The third kappa shape index (κ3) is 2.79. The highest BCUT2D eigenvalue weighted by atomic mass is 32.2. The first-order valence-corrected chi connectivity index (χ1v) is 10.4. The summed E-state index contributed by atoms with van der Waals surface area (Å²) in [4.78, 5) is 11.8. The van der Waals surface area contributed by atoms with Gasteiger partial charge >= 0.3 is 5.97 Å². The van der Waals surface area contributed by atoms with E-state index >= 15 is 0 Å². The second-order valence-electron chi connectivity index (χ2n) is 6.53. The Morgan fingerprint density at radius 1 is 1.07 bits per heavy atom. The summed E-state index contributed by atoms with van der Waals surface area (Å²) in [6.07, 6.45) is 0. The van der Waals surface area contributed by atoms with E-state index in [1.165, 1.54) is 10.4 Å². The number of carbonyl (C=O) groups is 1. The lowest BCUT2D eigenvalue weighted by Gasteiger charge is -2.21. The van der Waals surface area contributed by atoms with Gasteiger partial charge in [-0.25, -0.2) is 8.42 Å². The average molecular weight is 397 g/mol. The van der Waals surface area contributed by atoms with Crippen LogP contribution in [0.15, 0.2) is 65.6 Å². The van der Waals surface area contributed by atoms with Gasteiger partial charge in [-0.2, -0.15) is 0 Å². The van der Waals surface area contributed by atoms with Crippen LogP contribution in [0.4, 0.5) is 5.69 Å². The van der Waals surface area contributed by atoms with Crippen molar-refractivity contribution in [3.05, 3.63) is 66.2 Å². The van der Waals surface area contributed by atoms with E-state index in [9.17, 15) is 18.3 Å². The van der Waals surface area contributed by atoms with Gasteiger partial charge in [0.25, 0.3) is 10.0 Å². The van der Waals surface area contributed by atoms with Crippen LogP contribution in [0.1, 0.15) is 18.4 Å². The molecule has 144 valence electrons. The smallest absolute Gasteiger partial charge is 0.312 e. The molecule has 0 saturated heterocycles. The average Bonchev–Trinajstić information content (AvgIpc) is 3.09. The minimum atomic E-state index is -3.96. The number of para-hydroxylation sites is 1. The van der Waals surface area contributed by atoms with Gasteiger partial charge in [-0.1, -0.05) is 42.5 Å². The summed E-state index contributed by atoms with van der Waals surface area (Å²) in [6.45, 7) is 2.21. The highest BCUT2D eigenvalue weighted by molar-refractivity contribution is 7.93. The molecule has 1 aliphatic rings. The Balaban J connectivity index is 1.89. The molecule has 3 aromatic rings. The van der Waals surface area contributed by atoms with Crippen molar-refractivity contribution in [2.75, 3.05) is 17.5 Å². The third-order valence-corrected chi connectivity index (χ3v) is 6.78. The molecule has 1 unspecified atom stereocenters. The standard InChI is InChI=1S/C21H19NO5S/c1-2-27-19-11-12-20(16-9-4-3-8-15(16)19)28(25,26)22-13-17(21(23)24)14-7-5-6-10-18(14)22/h3-12,17H,2,13H2,1H3,(H,23,24). The van der Waals surface area contributed by atoms with Gasteiger partial charge in [0, 0.05) is 10.8 Å². The minimum absolute atomic E-state index is 0.126. The molecule has 28 heavy (non-hydrogen) atoms. The Labute approximate surface area is 163 Å². The number of nitrogens with zero attached hydrogens (tertiary/aromatic N) is 1. The molecule has 0 aliphatic carbocycles. The zero-order valence-corrected chi connectivity index (χ0v) is 16.0. The second kappa shape index (κ2) is 6.83. The van der Waals surface area contributed by atoms with Crippen LogP contribution < -0.4 is 9.04 Å². The molecule has 1 atom stereocenters. The number of benzene rings is 3. The molecule has 1 N–H and O–H groups in total. The topological polar surface area (TPSA) is 83.9 Å². The quantitative estimate of drug-likeness (QED) is 0.711. The maximum absolute atomic E-state index is 13.5. The molecule has 4 rings (SSSR count). The number of anilines is 1. The van der Waals surface area contributed by atoms with Crippen molar-refractivity contribution < 1.29 is 23.1 Å². The van der Waals surface area contributed by atoms with E-state index in [4.69, 9.17) is 4.74 Å². The van der Waals surface area contributed by atoms with E-state index in [1.54, 1.807) is 42.5 Å². The Kier molecular flexibility index (Phi) is 4.47. The fourth-order valence-electron chi connectivity index (χ4n) is 3.68. The zero-order valence-electron chi connectivity index (χ0n) is 15.2. The second-order valence-corrected chi connectivity index (χ2v) is 8.36. The molecule has 7 heteroatoms. The van der Waals surface area contributed by atoms with Gasteiger partial charge in [-0.05, 0) is 30.7 Å². The van der Waals surface area contributed by atoms with Crippen molar-refractivity contribution in [3.8, 4) is 5.75 Å². The molecule has 0 spiro atoms. The van der Waals surface area contributed by atoms with Crippen LogP contribution in [-0.2, 0) is 14.8 Å². The number of ether oxygens (including phenoxy) is 1. The SMILES string of the molecule is CCOc1ccc(S(=O)(=O)N2CC(C(=O)O)c3ccccc32)c2ccccc12. The number of hydrogen-bond donors (Lipinski definition) is 1. The molecule has 0 fully saturated rings. The lowest BCUT2D eigenvalue weighted by atomic mass is 10.0. The normalized spacial score (nSPS) is 16.2. The summed E-state index contributed by atoms with van der Waals surface area (Å²) in [5, 5.41) is 10.8. The molecule has 0 saturated carbocycles. The Hall–Kier alpha value is -3.06. The van der Waals surface area contributed by atoms with Crippen molar-refractivity contribution in [3.63, 3.8) is 0 Å². The maximum Gasteiger partial charge on any atom is 0.312 e. The summed E-state index contributed by atoms with van der Waals surface area (Å²) in [5.41, 5.74) is 0.918. The van der Waals surface area contributed by atoms with Crippen LogP contribution in [0.3, 0.4) is 0 Å². The fourth-order valence-corrected chi connectivity index (χ4v) is 5.38. The van der Waals surface area contributed by atoms with Crippen molar-refractivity contribution in [1.82, 2.24) is 0 Å². The molecule has 3 aromatic carbocycles. The van der Waals surface area contributed by atoms with E-state index < -0.39 is 21.9 Å². The molecular weight excluding hydrogens is 378 g/mol. The third-order valence-electron chi connectivity index (χ3n) is 4.94. The Morgan fingerprint density at radius 3 is 2.46 bits per heavy atom. The first-order chi connectivity index (χ1) is 13.4. The predicted molar refractivity (Wildman–Crippen MR) is 106 cm³/mol. The summed E-state index contributed by atoms with van der Waals surface area (Å²) in [7, 11) is -3.96. The molecule has 1 aliphatic heterocycles. The molecule has 0 bridgehead atoms. The van der Waals surface area contributed by atoms with Gasteiger partial charge in [0.15, 0.2) is 0 Å². The van der Waals surface area contributed by atoms with Gasteiger partial charge in [-0.15, -0.1) is 0 Å². The Morgan fingerprint density at radius 2 is 1.75 bits per heavy atom. The number of fused-ring (bicyclic) bond motifs is 2. The van der Waals surface area contributed by atoms with E-state index in [2.05, 4.69) is 0 Å². The van der Waals surface area contributed by atoms with Crippen molar-refractivity contribution in [2.24, 2.45) is 0 Å². The molecule has 0 radical (unpaired) electrons. The van der Waals surface area contributed by atoms with Crippen molar-refractivity contribution >= 4 is 32.5 Å². The predicted octanol–water partition coefficient (Wildman–Crippen LogP) is 3.62. The van der Waals surface area contributed by atoms with Crippen LogP contribution in [0.25, 0.3) is 10.8 Å². The number of carboxylic acid groups (broad SMARTS) is 1. The van der Waals surface area contributed by atoms with E-state index in [0.29, 0.717) is 34.4 Å². The number of aliphatic carboxylic acids is 1. The zero-order chi connectivity index (χ0) is 19.9. The van der Waals surface area contributed by atoms with Crippen LogP contribution in [0.5, 0.6) is 5.75 Å². The summed E-state index contributed by atoms with van der Waals surface area (Å²) < 4.78 is 33.9. The molecule has 1 heterocycles. The highest BCUT2D eigenvalue weighted by Gasteiger charge is 2.40. The monoisotopic (exact) mass is 397 g/mol. The van der Waals surface area contributed by atoms with Crippen LogP contribution in [0.2, 0.25) is 0 Å². The fraction of sp³-hybridized carbons (Fsp3) is 0.190. The van der Waals surface area contributed by atoms with Gasteiger partial charge in [-0.3, -0.25) is 9.10 Å². The number of rotatable bonds is 5. The van der Waals surface area contributed by atoms with Gasteiger partial charge in [0.1, 0.15) is 11.7 Å². The van der Waals surface area contributed by atoms with Crippen molar-refractivity contribution in [2.45, 2.75) is 17.7 Å². The number of hydrogen-bond acceptors (Lipinski definition) is 4. The van der Waals surface area contributed by atoms with Crippen molar-refractivity contribution in [1.29, 1.82) is 0 Å². The largest absolute Gasteiger partial charge is 0.493 e.